The number of halogens is 1. The van der Waals surface area contributed by atoms with Gasteiger partial charge in [-0.2, -0.15) is 0 Å². The van der Waals surface area contributed by atoms with Gasteiger partial charge in [0.15, 0.2) is 5.78 Å². The first-order chi connectivity index (χ1) is 8.20. The van der Waals surface area contributed by atoms with Crippen LogP contribution in [-0.2, 0) is 6.42 Å². The van der Waals surface area contributed by atoms with Gasteiger partial charge in [-0.15, -0.1) is 0 Å². The molecule has 0 radical (unpaired) electrons. The summed E-state index contributed by atoms with van der Waals surface area (Å²) in [4.78, 5) is 12.2. The van der Waals surface area contributed by atoms with Crippen LogP contribution in [0.4, 0.5) is 0 Å². The van der Waals surface area contributed by atoms with E-state index in [1.54, 1.807) is 0 Å². The molecule has 0 amide bonds. The summed E-state index contributed by atoms with van der Waals surface area (Å²) in [5, 5.41) is 0. The summed E-state index contributed by atoms with van der Waals surface area (Å²) in [7, 11) is 0. The Morgan fingerprint density at radius 3 is 2.35 bits per heavy atom. The lowest BCUT2D eigenvalue weighted by Gasteiger charge is -2.03. The Kier molecular flexibility index (Phi) is 3.75. The van der Waals surface area contributed by atoms with Gasteiger partial charge < -0.3 is 0 Å². The van der Waals surface area contributed by atoms with E-state index in [1.807, 2.05) is 48.5 Å². The molecule has 0 heterocycles. The Labute approximate surface area is 110 Å². The molecule has 0 aliphatic heterocycles. The molecule has 0 N–H and O–H groups in total. The van der Waals surface area contributed by atoms with Gasteiger partial charge in [-0.25, -0.2) is 0 Å². The van der Waals surface area contributed by atoms with Gasteiger partial charge in [0, 0.05) is 15.6 Å². The lowest BCUT2D eigenvalue weighted by atomic mass is 10.0. The van der Waals surface area contributed by atoms with Crippen LogP contribution in [-0.4, -0.2) is 5.78 Å². The highest BCUT2D eigenvalue weighted by atomic mass is 79.9. The number of carbonyl (C=O) groups excluding carboxylic acids is 1. The van der Waals surface area contributed by atoms with Crippen molar-refractivity contribution in [3.8, 4) is 0 Å². The van der Waals surface area contributed by atoms with E-state index >= 15 is 0 Å². The maximum Gasteiger partial charge on any atom is 0.193 e. The van der Waals surface area contributed by atoms with Gasteiger partial charge in [-0.1, -0.05) is 53.2 Å². The van der Waals surface area contributed by atoms with Gasteiger partial charge in [0.05, 0.1) is 0 Å². The Morgan fingerprint density at radius 2 is 1.71 bits per heavy atom. The van der Waals surface area contributed by atoms with Crippen molar-refractivity contribution in [3.63, 3.8) is 0 Å². The van der Waals surface area contributed by atoms with E-state index in [1.165, 1.54) is 5.56 Å². The SMILES string of the molecule is CCc1cccc(C(=O)c2cccc(Br)c2)c1. The van der Waals surface area contributed by atoms with Gasteiger partial charge in [0.1, 0.15) is 0 Å². The van der Waals surface area contributed by atoms with Crippen LogP contribution in [0, 0.1) is 0 Å². The van der Waals surface area contributed by atoms with E-state index in [4.69, 9.17) is 0 Å². The van der Waals surface area contributed by atoms with Crippen LogP contribution in [0.1, 0.15) is 28.4 Å². The van der Waals surface area contributed by atoms with Gasteiger partial charge in [0.2, 0.25) is 0 Å². The predicted molar refractivity (Wildman–Crippen MR) is 73.4 cm³/mol. The predicted octanol–water partition coefficient (Wildman–Crippen LogP) is 4.24. The molecule has 0 fully saturated rings. The molecule has 0 aromatic heterocycles. The van der Waals surface area contributed by atoms with Crippen molar-refractivity contribution in [1.82, 2.24) is 0 Å². The second kappa shape index (κ2) is 5.28. The van der Waals surface area contributed by atoms with Crippen LogP contribution in [0.15, 0.2) is 53.0 Å². The van der Waals surface area contributed by atoms with Crippen molar-refractivity contribution in [2.75, 3.05) is 0 Å². The normalized spacial score (nSPS) is 10.2. The number of hydrogen-bond acceptors (Lipinski definition) is 1. The standard InChI is InChI=1S/C15H13BrO/c1-2-11-5-3-6-12(9-11)15(17)13-7-4-8-14(16)10-13/h3-10H,2H2,1H3. The Balaban J connectivity index is 2.36. The highest BCUT2D eigenvalue weighted by Gasteiger charge is 2.09. The van der Waals surface area contributed by atoms with E-state index in [-0.39, 0.29) is 5.78 Å². The smallest absolute Gasteiger partial charge is 0.193 e. The van der Waals surface area contributed by atoms with Crippen molar-refractivity contribution < 1.29 is 4.79 Å². The van der Waals surface area contributed by atoms with Crippen molar-refractivity contribution in [2.24, 2.45) is 0 Å². The second-order valence-corrected chi connectivity index (χ2v) is 4.81. The maximum atomic E-state index is 12.2. The number of hydrogen-bond donors (Lipinski definition) is 0. The van der Waals surface area contributed by atoms with Crippen LogP contribution < -0.4 is 0 Å². The summed E-state index contributed by atoms with van der Waals surface area (Å²) in [6, 6.07) is 15.3. The van der Waals surface area contributed by atoms with Gasteiger partial charge in [0.25, 0.3) is 0 Å². The third kappa shape index (κ3) is 2.83. The molecule has 2 rings (SSSR count). The van der Waals surface area contributed by atoms with E-state index < -0.39 is 0 Å². The Hall–Kier alpha value is -1.41. The summed E-state index contributed by atoms with van der Waals surface area (Å²) < 4.78 is 0.926. The number of rotatable bonds is 3. The average molecular weight is 289 g/mol. The zero-order chi connectivity index (χ0) is 12.3. The quantitative estimate of drug-likeness (QED) is 0.772. The Bertz CT molecular complexity index is 546. The van der Waals surface area contributed by atoms with Crippen LogP contribution in [0.25, 0.3) is 0 Å². The van der Waals surface area contributed by atoms with Gasteiger partial charge >= 0.3 is 0 Å². The first-order valence-corrected chi connectivity index (χ1v) is 6.39. The number of carbonyl (C=O) groups is 1. The lowest BCUT2D eigenvalue weighted by Crippen LogP contribution is -2.01. The summed E-state index contributed by atoms with van der Waals surface area (Å²) in [5.74, 6) is 0.0709. The van der Waals surface area contributed by atoms with Gasteiger partial charge in [-0.3, -0.25) is 4.79 Å². The zero-order valence-electron chi connectivity index (χ0n) is 9.61. The molecule has 0 unspecified atom stereocenters. The number of aryl methyl sites for hydroxylation is 1. The summed E-state index contributed by atoms with van der Waals surface area (Å²) in [5.41, 5.74) is 2.65. The van der Waals surface area contributed by atoms with Gasteiger partial charge in [-0.05, 0) is 30.2 Å². The van der Waals surface area contributed by atoms with E-state index in [0.717, 1.165) is 16.5 Å². The minimum atomic E-state index is 0.0709. The fourth-order valence-corrected chi connectivity index (χ4v) is 2.13. The zero-order valence-corrected chi connectivity index (χ0v) is 11.2. The molecule has 17 heavy (non-hydrogen) atoms. The highest BCUT2D eigenvalue weighted by Crippen LogP contribution is 2.16. The molecule has 86 valence electrons. The molecule has 0 aliphatic carbocycles. The molecule has 0 aliphatic rings. The largest absolute Gasteiger partial charge is 0.289 e. The van der Waals surface area contributed by atoms with Crippen molar-refractivity contribution in [3.05, 3.63) is 69.7 Å². The number of ketones is 1. The molecule has 1 nitrogen and oxygen atoms in total. The highest BCUT2D eigenvalue weighted by molar-refractivity contribution is 9.10. The third-order valence-electron chi connectivity index (χ3n) is 2.68. The molecular weight excluding hydrogens is 276 g/mol. The minimum Gasteiger partial charge on any atom is -0.289 e. The molecule has 0 saturated carbocycles. The van der Waals surface area contributed by atoms with Crippen LogP contribution >= 0.6 is 15.9 Å². The fraction of sp³-hybridized carbons (Fsp3) is 0.133. The monoisotopic (exact) mass is 288 g/mol. The third-order valence-corrected chi connectivity index (χ3v) is 3.18. The van der Waals surface area contributed by atoms with E-state index in [9.17, 15) is 4.79 Å². The van der Waals surface area contributed by atoms with Crippen LogP contribution in [0.3, 0.4) is 0 Å². The summed E-state index contributed by atoms with van der Waals surface area (Å²) in [6.45, 7) is 2.09. The topological polar surface area (TPSA) is 17.1 Å². The molecule has 2 heteroatoms. The first kappa shape index (κ1) is 12.1. The van der Waals surface area contributed by atoms with Crippen molar-refractivity contribution >= 4 is 21.7 Å². The lowest BCUT2D eigenvalue weighted by molar-refractivity contribution is 0.103. The number of benzene rings is 2. The average Bonchev–Trinajstić information content (AvgIpc) is 2.38. The maximum absolute atomic E-state index is 12.2. The molecule has 0 saturated heterocycles. The van der Waals surface area contributed by atoms with Crippen molar-refractivity contribution in [1.29, 1.82) is 0 Å². The fourth-order valence-electron chi connectivity index (χ4n) is 1.73. The van der Waals surface area contributed by atoms with E-state index in [2.05, 4.69) is 22.9 Å². The molecule has 2 aromatic rings. The molecule has 0 atom stereocenters. The second-order valence-electron chi connectivity index (χ2n) is 3.89. The summed E-state index contributed by atoms with van der Waals surface area (Å²) >= 11 is 3.38. The molecular formula is C15H13BrO. The molecule has 2 aromatic carbocycles. The minimum absolute atomic E-state index is 0.0709. The molecule has 0 bridgehead atoms. The Morgan fingerprint density at radius 1 is 1.06 bits per heavy atom. The first-order valence-electron chi connectivity index (χ1n) is 5.60. The van der Waals surface area contributed by atoms with Crippen LogP contribution in [0.2, 0.25) is 0 Å². The molecule has 0 spiro atoms. The summed E-state index contributed by atoms with van der Waals surface area (Å²) in [6.07, 6.45) is 0.944. The van der Waals surface area contributed by atoms with E-state index in [0.29, 0.717) is 5.56 Å². The van der Waals surface area contributed by atoms with Crippen LogP contribution in [0.5, 0.6) is 0 Å². The van der Waals surface area contributed by atoms with Crippen molar-refractivity contribution in [2.45, 2.75) is 13.3 Å².